The number of sulfone groups is 1. The van der Waals surface area contributed by atoms with E-state index in [4.69, 9.17) is 0 Å². The molecule has 0 radical (unpaired) electrons. The molecule has 0 fully saturated rings. The van der Waals surface area contributed by atoms with Gasteiger partial charge in [0.25, 0.3) is 5.91 Å². The summed E-state index contributed by atoms with van der Waals surface area (Å²) in [6.45, 7) is 7.62. The Morgan fingerprint density at radius 3 is 2.40 bits per heavy atom. The van der Waals surface area contributed by atoms with Crippen LogP contribution in [-0.4, -0.2) is 48.4 Å². The van der Waals surface area contributed by atoms with Crippen molar-refractivity contribution in [1.29, 1.82) is 0 Å². The predicted molar refractivity (Wildman–Crippen MR) is 139 cm³/mol. The van der Waals surface area contributed by atoms with E-state index in [-0.39, 0.29) is 16.2 Å². The molecule has 1 aromatic heterocycles. The van der Waals surface area contributed by atoms with Crippen LogP contribution in [0, 0.1) is 0 Å². The summed E-state index contributed by atoms with van der Waals surface area (Å²) < 4.78 is 27.9. The number of fused-ring (bicyclic) bond motifs is 1. The summed E-state index contributed by atoms with van der Waals surface area (Å²) in [6, 6.07) is 22.9. The SMILES string of the molecule is CCN(CC)CCn1c(NC(=O)c2cccc(S(=O)(=O)Cc3ccccc3)c2)nc2ccccc21. The van der Waals surface area contributed by atoms with E-state index in [2.05, 4.69) is 29.0 Å². The van der Waals surface area contributed by atoms with Gasteiger partial charge in [0, 0.05) is 18.7 Å². The Bertz CT molecular complexity index is 1410. The average molecular weight is 491 g/mol. The highest BCUT2D eigenvalue weighted by Gasteiger charge is 2.19. The van der Waals surface area contributed by atoms with Crippen molar-refractivity contribution in [2.45, 2.75) is 31.0 Å². The normalized spacial score (nSPS) is 11.7. The van der Waals surface area contributed by atoms with E-state index in [0.717, 1.165) is 30.7 Å². The third kappa shape index (κ3) is 5.78. The number of hydrogen-bond acceptors (Lipinski definition) is 5. The van der Waals surface area contributed by atoms with Crippen molar-refractivity contribution in [3.05, 3.63) is 90.0 Å². The van der Waals surface area contributed by atoms with Gasteiger partial charge in [0.1, 0.15) is 0 Å². The first-order valence-corrected chi connectivity index (χ1v) is 13.4. The highest BCUT2D eigenvalue weighted by atomic mass is 32.2. The van der Waals surface area contributed by atoms with Gasteiger partial charge in [-0.1, -0.05) is 62.4 Å². The number of anilines is 1. The molecule has 0 atom stereocenters. The molecule has 0 saturated heterocycles. The zero-order chi connectivity index (χ0) is 24.8. The fourth-order valence-electron chi connectivity index (χ4n) is 4.06. The Balaban J connectivity index is 1.58. The van der Waals surface area contributed by atoms with E-state index < -0.39 is 15.7 Å². The Labute approximate surface area is 206 Å². The van der Waals surface area contributed by atoms with Crippen LogP contribution in [0.5, 0.6) is 0 Å². The minimum Gasteiger partial charge on any atom is -0.309 e. The molecule has 0 aliphatic rings. The van der Waals surface area contributed by atoms with E-state index >= 15 is 0 Å². The van der Waals surface area contributed by atoms with Crippen molar-refractivity contribution >= 4 is 32.7 Å². The number of para-hydroxylation sites is 2. The molecule has 0 spiro atoms. The third-order valence-corrected chi connectivity index (χ3v) is 7.75. The number of aromatic nitrogens is 2. The van der Waals surface area contributed by atoms with Crippen LogP contribution < -0.4 is 5.32 Å². The maximum Gasteiger partial charge on any atom is 0.258 e. The summed E-state index contributed by atoms with van der Waals surface area (Å²) in [5.41, 5.74) is 2.70. The molecule has 7 nitrogen and oxygen atoms in total. The molecule has 0 unspecified atom stereocenters. The van der Waals surface area contributed by atoms with Crippen molar-refractivity contribution in [3.8, 4) is 0 Å². The summed E-state index contributed by atoms with van der Waals surface area (Å²) in [7, 11) is -3.60. The average Bonchev–Trinajstić information content (AvgIpc) is 3.22. The number of rotatable bonds is 10. The van der Waals surface area contributed by atoms with Gasteiger partial charge in [-0.15, -0.1) is 0 Å². The first kappa shape index (κ1) is 24.6. The molecule has 0 aliphatic heterocycles. The van der Waals surface area contributed by atoms with Crippen LogP contribution >= 0.6 is 0 Å². The molecule has 1 amide bonds. The lowest BCUT2D eigenvalue weighted by atomic mass is 10.2. The number of carbonyl (C=O) groups excluding carboxylic acids is 1. The molecule has 35 heavy (non-hydrogen) atoms. The second kappa shape index (κ2) is 10.8. The Morgan fingerprint density at radius 2 is 1.66 bits per heavy atom. The molecule has 182 valence electrons. The van der Waals surface area contributed by atoms with Gasteiger partial charge in [0.15, 0.2) is 9.84 Å². The summed E-state index contributed by atoms with van der Waals surface area (Å²) in [4.78, 5) is 20.2. The second-order valence-electron chi connectivity index (χ2n) is 8.33. The number of hydrogen-bond donors (Lipinski definition) is 1. The van der Waals surface area contributed by atoms with Crippen LogP contribution in [0.3, 0.4) is 0 Å². The molecule has 4 aromatic rings. The number of carbonyl (C=O) groups is 1. The van der Waals surface area contributed by atoms with Crippen LogP contribution in [0.15, 0.2) is 83.8 Å². The molecule has 0 aliphatic carbocycles. The van der Waals surface area contributed by atoms with Gasteiger partial charge in [-0.2, -0.15) is 0 Å². The molecule has 0 saturated carbocycles. The lowest BCUT2D eigenvalue weighted by molar-refractivity contribution is 0.102. The van der Waals surface area contributed by atoms with Crippen molar-refractivity contribution in [3.63, 3.8) is 0 Å². The second-order valence-corrected chi connectivity index (χ2v) is 10.3. The first-order valence-electron chi connectivity index (χ1n) is 11.8. The number of benzene rings is 3. The highest BCUT2D eigenvalue weighted by Crippen LogP contribution is 2.22. The fourth-order valence-corrected chi connectivity index (χ4v) is 5.45. The first-order chi connectivity index (χ1) is 16.9. The number of amides is 1. The molecular formula is C27H30N4O3S. The fraction of sp³-hybridized carbons (Fsp3) is 0.259. The number of imidazole rings is 1. The number of nitrogens with one attached hydrogen (secondary N) is 1. The van der Waals surface area contributed by atoms with E-state index in [1.165, 1.54) is 12.1 Å². The van der Waals surface area contributed by atoms with Gasteiger partial charge in [0.2, 0.25) is 5.95 Å². The van der Waals surface area contributed by atoms with E-state index in [1.54, 1.807) is 36.4 Å². The van der Waals surface area contributed by atoms with Gasteiger partial charge in [-0.3, -0.25) is 10.1 Å². The number of nitrogens with zero attached hydrogens (tertiary/aromatic N) is 3. The molecule has 4 rings (SSSR count). The predicted octanol–water partition coefficient (Wildman–Crippen LogP) is 4.60. The molecular weight excluding hydrogens is 460 g/mol. The largest absolute Gasteiger partial charge is 0.309 e. The van der Waals surface area contributed by atoms with E-state index in [9.17, 15) is 13.2 Å². The summed E-state index contributed by atoms with van der Waals surface area (Å²) in [5, 5.41) is 2.90. The Morgan fingerprint density at radius 1 is 0.943 bits per heavy atom. The topological polar surface area (TPSA) is 84.3 Å². The molecule has 8 heteroatoms. The Kier molecular flexibility index (Phi) is 7.63. The molecule has 0 bridgehead atoms. The van der Waals surface area contributed by atoms with Gasteiger partial charge >= 0.3 is 0 Å². The summed E-state index contributed by atoms with van der Waals surface area (Å²) >= 11 is 0. The maximum atomic E-state index is 13.2. The minimum absolute atomic E-state index is 0.115. The lowest BCUT2D eigenvalue weighted by Gasteiger charge is -2.19. The van der Waals surface area contributed by atoms with Crippen LogP contribution in [0.4, 0.5) is 5.95 Å². The quantitative estimate of drug-likeness (QED) is 0.351. The lowest BCUT2D eigenvalue weighted by Crippen LogP contribution is -2.27. The van der Waals surface area contributed by atoms with Crippen LogP contribution in [-0.2, 0) is 22.1 Å². The number of likely N-dealkylation sites (N-methyl/N-ethyl adjacent to an activating group) is 1. The summed E-state index contributed by atoms with van der Waals surface area (Å²) in [6.07, 6.45) is 0. The van der Waals surface area contributed by atoms with Gasteiger partial charge in [-0.05, 0) is 49.0 Å². The van der Waals surface area contributed by atoms with Crippen LogP contribution in [0.1, 0.15) is 29.8 Å². The van der Waals surface area contributed by atoms with Gasteiger partial charge in [-0.25, -0.2) is 13.4 Å². The van der Waals surface area contributed by atoms with Crippen LogP contribution in [0.25, 0.3) is 11.0 Å². The zero-order valence-corrected chi connectivity index (χ0v) is 20.8. The third-order valence-electron chi connectivity index (χ3n) is 6.07. The van der Waals surface area contributed by atoms with Crippen molar-refractivity contribution < 1.29 is 13.2 Å². The van der Waals surface area contributed by atoms with Gasteiger partial charge < -0.3 is 9.47 Å². The monoisotopic (exact) mass is 490 g/mol. The van der Waals surface area contributed by atoms with Crippen molar-refractivity contribution in [2.24, 2.45) is 0 Å². The van der Waals surface area contributed by atoms with Crippen molar-refractivity contribution in [1.82, 2.24) is 14.5 Å². The Hall–Kier alpha value is -3.49. The zero-order valence-electron chi connectivity index (χ0n) is 20.0. The van der Waals surface area contributed by atoms with E-state index in [1.807, 2.05) is 34.9 Å². The highest BCUT2D eigenvalue weighted by molar-refractivity contribution is 7.90. The smallest absolute Gasteiger partial charge is 0.258 e. The molecule has 3 aromatic carbocycles. The standard InChI is InChI=1S/C27H30N4O3S/c1-3-30(4-2)17-18-31-25-16-9-8-15-24(25)28-27(31)29-26(32)22-13-10-14-23(19-22)35(33,34)20-21-11-6-5-7-12-21/h5-16,19H,3-4,17-18,20H2,1-2H3,(H,28,29,32). The molecule has 1 heterocycles. The van der Waals surface area contributed by atoms with Crippen LogP contribution in [0.2, 0.25) is 0 Å². The van der Waals surface area contributed by atoms with Crippen molar-refractivity contribution in [2.75, 3.05) is 25.0 Å². The van der Waals surface area contributed by atoms with Gasteiger partial charge in [0.05, 0.1) is 21.7 Å². The van der Waals surface area contributed by atoms with E-state index in [0.29, 0.717) is 18.1 Å². The minimum atomic E-state index is -3.60. The summed E-state index contributed by atoms with van der Waals surface area (Å²) in [5.74, 6) is -0.0814. The maximum absolute atomic E-state index is 13.2. The molecule has 1 N–H and O–H groups in total.